The van der Waals surface area contributed by atoms with Gasteiger partial charge in [0.15, 0.2) is 0 Å². The molecular weight excluding hydrogens is 218 g/mol. The van der Waals surface area contributed by atoms with Crippen LogP contribution in [-0.2, 0) is 4.79 Å². The van der Waals surface area contributed by atoms with Gasteiger partial charge >= 0.3 is 5.97 Å². The summed E-state index contributed by atoms with van der Waals surface area (Å²) < 4.78 is 5.20. The second kappa shape index (κ2) is 5.57. The molecule has 0 unspecified atom stereocenters. The van der Waals surface area contributed by atoms with E-state index in [1.165, 1.54) is 0 Å². The topological polar surface area (TPSA) is 49.8 Å². The minimum Gasteiger partial charge on any atom is -0.497 e. The van der Waals surface area contributed by atoms with Crippen molar-refractivity contribution in [1.82, 2.24) is 0 Å². The minimum absolute atomic E-state index is 0.140. The highest BCUT2D eigenvalue weighted by Gasteiger charge is 2.11. The van der Waals surface area contributed by atoms with Crippen LogP contribution in [0.25, 0.3) is 0 Å². The summed E-state index contributed by atoms with van der Waals surface area (Å²) in [6, 6.07) is 3.92. The third-order valence-corrected chi connectivity index (χ3v) is 2.74. The maximum atomic E-state index is 10.6. The molecule has 0 fully saturated rings. The zero-order valence-electron chi connectivity index (χ0n) is 10.8. The highest BCUT2D eigenvalue weighted by Crippen LogP contribution is 2.28. The SMILES string of the molecule is COc1cc(C)c(N(C)CCC(=O)O)c(C)c1. The lowest BCUT2D eigenvalue weighted by atomic mass is 10.1. The molecule has 0 spiro atoms. The van der Waals surface area contributed by atoms with Crippen LogP contribution in [0, 0.1) is 13.8 Å². The molecule has 0 radical (unpaired) electrons. The van der Waals surface area contributed by atoms with Crippen LogP contribution in [0.5, 0.6) is 5.75 Å². The van der Waals surface area contributed by atoms with Gasteiger partial charge in [0.05, 0.1) is 13.5 Å². The predicted molar refractivity (Wildman–Crippen MR) is 68.0 cm³/mol. The van der Waals surface area contributed by atoms with E-state index in [-0.39, 0.29) is 6.42 Å². The summed E-state index contributed by atoms with van der Waals surface area (Å²) in [5.74, 6) is 0.0519. The summed E-state index contributed by atoms with van der Waals surface area (Å²) in [7, 11) is 3.55. The highest BCUT2D eigenvalue weighted by molar-refractivity contribution is 5.68. The van der Waals surface area contributed by atoms with Crippen molar-refractivity contribution in [3.8, 4) is 5.75 Å². The Morgan fingerprint density at radius 1 is 1.35 bits per heavy atom. The predicted octanol–water partition coefficient (Wildman–Crippen LogP) is 2.22. The average Bonchev–Trinajstić information content (AvgIpc) is 2.25. The molecule has 0 aliphatic heterocycles. The van der Waals surface area contributed by atoms with E-state index in [9.17, 15) is 4.79 Å². The molecule has 0 saturated carbocycles. The van der Waals surface area contributed by atoms with E-state index in [0.29, 0.717) is 6.54 Å². The van der Waals surface area contributed by atoms with E-state index in [0.717, 1.165) is 22.6 Å². The molecule has 0 bridgehead atoms. The van der Waals surface area contributed by atoms with Crippen LogP contribution in [0.15, 0.2) is 12.1 Å². The maximum absolute atomic E-state index is 10.6. The van der Waals surface area contributed by atoms with Crippen molar-refractivity contribution in [2.45, 2.75) is 20.3 Å². The van der Waals surface area contributed by atoms with Gasteiger partial charge in [-0.05, 0) is 37.1 Å². The molecular formula is C13H19NO3. The fraction of sp³-hybridized carbons (Fsp3) is 0.462. The Balaban J connectivity index is 2.93. The number of aliphatic carboxylic acids is 1. The quantitative estimate of drug-likeness (QED) is 0.853. The Hall–Kier alpha value is -1.71. The number of nitrogens with zero attached hydrogens (tertiary/aromatic N) is 1. The first-order chi connectivity index (χ1) is 7.95. The lowest BCUT2D eigenvalue weighted by molar-refractivity contribution is -0.136. The first-order valence-corrected chi connectivity index (χ1v) is 5.54. The zero-order chi connectivity index (χ0) is 13.0. The number of hydrogen-bond acceptors (Lipinski definition) is 3. The van der Waals surface area contributed by atoms with Crippen LogP contribution in [0.4, 0.5) is 5.69 Å². The minimum atomic E-state index is -0.777. The first-order valence-electron chi connectivity index (χ1n) is 5.54. The lowest BCUT2D eigenvalue weighted by Crippen LogP contribution is -2.22. The molecule has 0 aliphatic rings. The molecule has 0 saturated heterocycles. The largest absolute Gasteiger partial charge is 0.497 e. The molecule has 1 N–H and O–H groups in total. The summed E-state index contributed by atoms with van der Waals surface area (Å²) in [5.41, 5.74) is 3.26. The van der Waals surface area contributed by atoms with Crippen molar-refractivity contribution < 1.29 is 14.6 Å². The molecule has 0 heterocycles. The molecule has 4 heteroatoms. The van der Waals surface area contributed by atoms with Crippen LogP contribution >= 0.6 is 0 Å². The number of rotatable bonds is 5. The van der Waals surface area contributed by atoms with Gasteiger partial charge in [-0.15, -0.1) is 0 Å². The fourth-order valence-electron chi connectivity index (χ4n) is 2.01. The molecule has 0 aliphatic carbocycles. The van der Waals surface area contributed by atoms with Crippen LogP contribution < -0.4 is 9.64 Å². The molecule has 94 valence electrons. The number of benzene rings is 1. The molecule has 1 aromatic carbocycles. The van der Waals surface area contributed by atoms with Gasteiger partial charge in [-0.3, -0.25) is 4.79 Å². The fourth-order valence-corrected chi connectivity index (χ4v) is 2.01. The molecule has 1 rings (SSSR count). The summed E-state index contributed by atoms with van der Waals surface area (Å²) in [4.78, 5) is 12.5. The van der Waals surface area contributed by atoms with Gasteiger partial charge in [0.1, 0.15) is 5.75 Å². The number of aryl methyl sites for hydroxylation is 2. The third kappa shape index (κ3) is 3.37. The van der Waals surface area contributed by atoms with E-state index in [1.54, 1.807) is 7.11 Å². The van der Waals surface area contributed by atoms with Crippen molar-refractivity contribution in [2.24, 2.45) is 0 Å². The second-order valence-corrected chi connectivity index (χ2v) is 4.18. The molecule has 0 aromatic heterocycles. The number of carbonyl (C=O) groups is 1. The van der Waals surface area contributed by atoms with Gasteiger partial charge in [0.25, 0.3) is 0 Å². The second-order valence-electron chi connectivity index (χ2n) is 4.18. The Morgan fingerprint density at radius 3 is 2.29 bits per heavy atom. The molecule has 1 aromatic rings. The van der Waals surface area contributed by atoms with E-state index >= 15 is 0 Å². The number of methoxy groups -OCH3 is 1. The van der Waals surface area contributed by atoms with Gasteiger partial charge in [0.2, 0.25) is 0 Å². The summed E-state index contributed by atoms with van der Waals surface area (Å²) in [5, 5.41) is 8.68. The number of carboxylic acid groups (broad SMARTS) is 1. The highest BCUT2D eigenvalue weighted by atomic mass is 16.5. The molecule has 4 nitrogen and oxygen atoms in total. The van der Waals surface area contributed by atoms with Crippen LogP contribution in [0.2, 0.25) is 0 Å². The smallest absolute Gasteiger partial charge is 0.305 e. The van der Waals surface area contributed by atoms with Crippen molar-refractivity contribution in [1.29, 1.82) is 0 Å². The molecule has 17 heavy (non-hydrogen) atoms. The number of hydrogen-bond donors (Lipinski definition) is 1. The van der Waals surface area contributed by atoms with Gasteiger partial charge in [-0.2, -0.15) is 0 Å². The summed E-state index contributed by atoms with van der Waals surface area (Å²) >= 11 is 0. The summed E-state index contributed by atoms with van der Waals surface area (Å²) in [6.07, 6.45) is 0.140. The standard InChI is InChI=1S/C13H19NO3/c1-9-7-11(17-4)8-10(2)13(9)14(3)6-5-12(15)16/h7-8H,5-6H2,1-4H3,(H,15,16). The van der Waals surface area contributed by atoms with Crippen LogP contribution in [0.3, 0.4) is 0 Å². The van der Waals surface area contributed by atoms with Gasteiger partial charge in [-0.1, -0.05) is 0 Å². The van der Waals surface area contributed by atoms with E-state index < -0.39 is 5.97 Å². The Morgan fingerprint density at radius 2 is 1.88 bits per heavy atom. The van der Waals surface area contributed by atoms with Crippen LogP contribution in [0.1, 0.15) is 17.5 Å². The number of carboxylic acids is 1. The monoisotopic (exact) mass is 237 g/mol. The van der Waals surface area contributed by atoms with Crippen molar-refractivity contribution in [3.63, 3.8) is 0 Å². The number of ether oxygens (including phenoxy) is 1. The lowest BCUT2D eigenvalue weighted by Gasteiger charge is -2.23. The molecule has 0 amide bonds. The first kappa shape index (κ1) is 13.4. The van der Waals surface area contributed by atoms with Gasteiger partial charge < -0.3 is 14.7 Å². The third-order valence-electron chi connectivity index (χ3n) is 2.74. The number of anilines is 1. The average molecular weight is 237 g/mol. The van der Waals surface area contributed by atoms with E-state index in [4.69, 9.17) is 9.84 Å². The van der Waals surface area contributed by atoms with Gasteiger partial charge in [-0.25, -0.2) is 0 Å². The van der Waals surface area contributed by atoms with E-state index in [1.807, 2.05) is 37.9 Å². The van der Waals surface area contributed by atoms with E-state index in [2.05, 4.69) is 0 Å². The Kier molecular flexibility index (Phi) is 4.37. The Labute approximate surface area is 102 Å². The van der Waals surface area contributed by atoms with Gasteiger partial charge in [0, 0.05) is 19.3 Å². The van der Waals surface area contributed by atoms with Crippen molar-refractivity contribution >= 4 is 11.7 Å². The van der Waals surface area contributed by atoms with Crippen molar-refractivity contribution in [3.05, 3.63) is 23.3 Å². The maximum Gasteiger partial charge on any atom is 0.305 e. The zero-order valence-corrected chi connectivity index (χ0v) is 10.8. The van der Waals surface area contributed by atoms with Crippen molar-refractivity contribution in [2.75, 3.05) is 25.6 Å². The normalized spacial score (nSPS) is 10.1. The summed E-state index contributed by atoms with van der Waals surface area (Å²) in [6.45, 7) is 4.51. The molecule has 0 atom stereocenters. The van der Waals surface area contributed by atoms with Crippen LogP contribution in [-0.4, -0.2) is 31.8 Å². The Bertz CT molecular complexity index is 392.